The van der Waals surface area contributed by atoms with E-state index < -0.39 is 0 Å². The van der Waals surface area contributed by atoms with Crippen molar-refractivity contribution in [1.82, 2.24) is 9.55 Å². The van der Waals surface area contributed by atoms with E-state index in [1.165, 1.54) is 18.4 Å². The Labute approximate surface area is 166 Å². The molecular weight excluding hydrogens is 378 g/mol. The van der Waals surface area contributed by atoms with Crippen LogP contribution in [0.3, 0.4) is 0 Å². The van der Waals surface area contributed by atoms with Gasteiger partial charge in [0.05, 0.1) is 36.5 Å². The standard InChI is InChI=1S/C20H23N3O4S/c1-5-6-9-23-11-21-19-16(20(23)25)12(2)17(28-19)18(24)22-14-8-7-13(26-3)10-15(14)27-4/h7-8,10-11H,5-6,9H2,1-4H3,(H,22,24). The van der Waals surface area contributed by atoms with Crippen molar-refractivity contribution >= 4 is 33.1 Å². The molecule has 0 saturated carbocycles. The molecule has 28 heavy (non-hydrogen) atoms. The fraction of sp³-hybridized carbons (Fsp3) is 0.350. The molecule has 0 fully saturated rings. The Kier molecular flexibility index (Phi) is 5.99. The van der Waals surface area contributed by atoms with Crippen LogP contribution in [0.2, 0.25) is 0 Å². The topological polar surface area (TPSA) is 82.5 Å². The number of nitrogens with zero attached hydrogens (tertiary/aromatic N) is 2. The number of carbonyl (C=O) groups excluding carboxylic acids is 1. The van der Waals surface area contributed by atoms with E-state index in [4.69, 9.17) is 9.47 Å². The Morgan fingerprint density at radius 3 is 2.75 bits per heavy atom. The number of anilines is 1. The second-order valence-electron chi connectivity index (χ2n) is 6.35. The number of hydrogen-bond donors (Lipinski definition) is 1. The van der Waals surface area contributed by atoms with Crippen LogP contribution < -0.4 is 20.3 Å². The number of thiophene rings is 1. The zero-order chi connectivity index (χ0) is 20.3. The van der Waals surface area contributed by atoms with Crippen LogP contribution in [0.4, 0.5) is 5.69 Å². The third-order valence-corrected chi connectivity index (χ3v) is 5.73. The maximum atomic E-state index is 12.9. The molecule has 0 spiro atoms. The minimum Gasteiger partial charge on any atom is -0.497 e. The maximum absolute atomic E-state index is 12.9. The van der Waals surface area contributed by atoms with E-state index in [-0.39, 0.29) is 11.5 Å². The predicted octanol–water partition coefficient (Wildman–Crippen LogP) is 3.84. The second kappa shape index (κ2) is 8.43. The lowest BCUT2D eigenvalue weighted by molar-refractivity contribution is 0.102. The van der Waals surface area contributed by atoms with E-state index in [1.54, 1.807) is 43.1 Å². The number of aryl methyl sites for hydroxylation is 2. The van der Waals surface area contributed by atoms with Gasteiger partial charge in [-0.05, 0) is 31.0 Å². The van der Waals surface area contributed by atoms with Crippen LogP contribution in [0.5, 0.6) is 11.5 Å². The van der Waals surface area contributed by atoms with Gasteiger partial charge in [0.1, 0.15) is 16.3 Å². The van der Waals surface area contributed by atoms with E-state index >= 15 is 0 Å². The van der Waals surface area contributed by atoms with Crippen molar-refractivity contribution in [2.45, 2.75) is 33.2 Å². The molecule has 1 amide bonds. The zero-order valence-corrected chi connectivity index (χ0v) is 17.2. The molecule has 3 rings (SSSR count). The molecule has 0 bridgehead atoms. The number of fused-ring (bicyclic) bond motifs is 1. The number of carbonyl (C=O) groups is 1. The molecule has 1 N–H and O–H groups in total. The van der Waals surface area contributed by atoms with Crippen molar-refractivity contribution in [3.8, 4) is 11.5 Å². The SMILES string of the molecule is CCCCn1cnc2sc(C(=O)Nc3ccc(OC)cc3OC)c(C)c2c1=O. The lowest BCUT2D eigenvalue weighted by Gasteiger charge is -2.11. The Bertz CT molecular complexity index is 1070. The summed E-state index contributed by atoms with van der Waals surface area (Å²) < 4.78 is 12.1. The molecule has 0 radical (unpaired) electrons. The van der Waals surface area contributed by atoms with Crippen molar-refractivity contribution < 1.29 is 14.3 Å². The van der Waals surface area contributed by atoms with Gasteiger partial charge in [0.15, 0.2) is 0 Å². The molecular formula is C20H23N3O4S. The van der Waals surface area contributed by atoms with Gasteiger partial charge in [-0.25, -0.2) is 4.98 Å². The number of methoxy groups -OCH3 is 2. The number of unbranched alkanes of at least 4 members (excludes halogenated alkanes) is 1. The maximum Gasteiger partial charge on any atom is 0.266 e. The summed E-state index contributed by atoms with van der Waals surface area (Å²) in [6, 6.07) is 5.15. The Morgan fingerprint density at radius 2 is 2.07 bits per heavy atom. The van der Waals surface area contributed by atoms with Crippen LogP contribution >= 0.6 is 11.3 Å². The molecule has 2 heterocycles. The first-order valence-corrected chi connectivity index (χ1v) is 9.83. The van der Waals surface area contributed by atoms with E-state index in [9.17, 15) is 9.59 Å². The summed E-state index contributed by atoms with van der Waals surface area (Å²) in [7, 11) is 3.09. The first-order valence-electron chi connectivity index (χ1n) is 9.02. The van der Waals surface area contributed by atoms with E-state index in [1.807, 2.05) is 0 Å². The summed E-state index contributed by atoms with van der Waals surface area (Å²) in [4.78, 5) is 31.1. The highest BCUT2D eigenvalue weighted by atomic mass is 32.1. The van der Waals surface area contributed by atoms with Crippen LogP contribution in [0, 0.1) is 6.92 Å². The molecule has 0 aliphatic rings. The van der Waals surface area contributed by atoms with Gasteiger partial charge in [-0.2, -0.15) is 0 Å². The summed E-state index contributed by atoms with van der Waals surface area (Å²) >= 11 is 1.22. The van der Waals surface area contributed by atoms with E-state index in [0.717, 1.165) is 12.8 Å². The molecule has 8 heteroatoms. The van der Waals surface area contributed by atoms with Crippen LogP contribution in [0.25, 0.3) is 10.2 Å². The number of ether oxygens (including phenoxy) is 2. The number of hydrogen-bond acceptors (Lipinski definition) is 6. The molecule has 2 aromatic heterocycles. The van der Waals surface area contributed by atoms with E-state index in [0.29, 0.717) is 44.4 Å². The molecule has 148 valence electrons. The first kappa shape index (κ1) is 19.9. The molecule has 3 aromatic rings. The Hall–Kier alpha value is -2.87. The Morgan fingerprint density at radius 1 is 1.29 bits per heavy atom. The highest BCUT2D eigenvalue weighted by Gasteiger charge is 2.20. The van der Waals surface area contributed by atoms with Crippen molar-refractivity contribution in [3.63, 3.8) is 0 Å². The monoisotopic (exact) mass is 401 g/mol. The minimum atomic E-state index is -0.302. The van der Waals surface area contributed by atoms with Crippen LogP contribution in [0.1, 0.15) is 35.0 Å². The lowest BCUT2D eigenvalue weighted by Crippen LogP contribution is -2.20. The quantitative estimate of drug-likeness (QED) is 0.650. The number of nitrogens with one attached hydrogen (secondary N) is 1. The normalized spacial score (nSPS) is 10.9. The second-order valence-corrected chi connectivity index (χ2v) is 7.35. The Balaban J connectivity index is 1.95. The number of benzene rings is 1. The number of aromatic nitrogens is 2. The smallest absolute Gasteiger partial charge is 0.266 e. The van der Waals surface area contributed by atoms with Gasteiger partial charge in [0.25, 0.3) is 11.5 Å². The third-order valence-electron chi connectivity index (χ3n) is 4.53. The zero-order valence-electron chi connectivity index (χ0n) is 16.4. The summed E-state index contributed by atoms with van der Waals surface area (Å²) in [5.41, 5.74) is 1.07. The average Bonchev–Trinajstić information content (AvgIpc) is 3.05. The summed E-state index contributed by atoms with van der Waals surface area (Å²) in [5.74, 6) is 0.819. The van der Waals surface area contributed by atoms with Crippen molar-refractivity contribution in [2.24, 2.45) is 0 Å². The van der Waals surface area contributed by atoms with Gasteiger partial charge in [-0.3, -0.25) is 14.2 Å². The lowest BCUT2D eigenvalue weighted by atomic mass is 10.2. The van der Waals surface area contributed by atoms with Crippen LogP contribution in [-0.4, -0.2) is 29.7 Å². The molecule has 0 aliphatic carbocycles. The van der Waals surface area contributed by atoms with Crippen LogP contribution in [0.15, 0.2) is 29.3 Å². The van der Waals surface area contributed by atoms with Gasteiger partial charge in [0, 0.05) is 12.6 Å². The molecule has 0 unspecified atom stereocenters. The predicted molar refractivity (Wildman–Crippen MR) is 111 cm³/mol. The fourth-order valence-electron chi connectivity index (χ4n) is 2.94. The number of amides is 1. The fourth-order valence-corrected chi connectivity index (χ4v) is 3.98. The molecule has 1 aromatic carbocycles. The molecule has 0 atom stereocenters. The van der Waals surface area contributed by atoms with E-state index in [2.05, 4.69) is 17.2 Å². The molecule has 0 saturated heterocycles. The summed E-state index contributed by atoms with van der Waals surface area (Å²) in [5, 5.41) is 3.36. The van der Waals surface area contributed by atoms with Crippen molar-refractivity contribution in [1.29, 1.82) is 0 Å². The van der Waals surface area contributed by atoms with Crippen LogP contribution in [-0.2, 0) is 6.54 Å². The van der Waals surface area contributed by atoms with Gasteiger partial charge in [0.2, 0.25) is 0 Å². The summed E-state index contributed by atoms with van der Waals surface area (Å²) in [6.45, 7) is 4.48. The van der Waals surface area contributed by atoms with Gasteiger partial charge in [-0.1, -0.05) is 13.3 Å². The first-order chi connectivity index (χ1) is 13.5. The van der Waals surface area contributed by atoms with Gasteiger partial charge >= 0.3 is 0 Å². The highest BCUT2D eigenvalue weighted by Crippen LogP contribution is 2.32. The average molecular weight is 401 g/mol. The third kappa shape index (κ3) is 3.73. The highest BCUT2D eigenvalue weighted by molar-refractivity contribution is 7.20. The summed E-state index contributed by atoms with van der Waals surface area (Å²) in [6.07, 6.45) is 3.45. The van der Waals surface area contributed by atoms with Crippen molar-refractivity contribution in [2.75, 3.05) is 19.5 Å². The number of rotatable bonds is 7. The van der Waals surface area contributed by atoms with Gasteiger partial charge < -0.3 is 14.8 Å². The molecule has 7 nitrogen and oxygen atoms in total. The largest absolute Gasteiger partial charge is 0.497 e. The van der Waals surface area contributed by atoms with Gasteiger partial charge in [-0.15, -0.1) is 11.3 Å². The minimum absolute atomic E-state index is 0.103. The van der Waals surface area contributed by atoms with Crippen molar-refractivity contribution in [3.05, 3.63) is 45.3 Å². The molecule has 0 aliphatic heterocycles.